The summed E-state index contributed by atoms with van der Waals surface area (Å²) < 4.78 is 1.10. The minimum absolute atomic E-state index is 0.0447. The van der Waals surface area contributed by atoms with E-state index in [0.717, 1.165) is 27.8 Å². The Labute approximate surface area is 168 Å². The van der Waals surface area contributed by atoms with Crippen molar-refractivity contribution < 1.29 is 4.79 Å². The second kappa shape index (κ2) is 7.90. The number of aromatic nitrogens is 2. The highest BCUT2D eigenvalue weighted by Crippen LogP contribution is 2.32. The first kappa shape index (κ1) is 18.3. The number of benzene rings is 2. The molecule has 0 aliphatic heterocycles. The summed E-state index contributed by atoms with van der Waals surface area (Å²) in [5.41, 5.74) is 4.81. The van der Waals surface area contributed by atoms with E-state index in [0.29, 0.717) is 17.2 Å². The molecule has 0 unspecified atom stereocenters. The van der Waals surface area contributed by atoms with Crippen LogP contribution in [0.1, 0.15) is 34.0 Å². The van der Waals surface area contributed by atoms with Gasteiger partial charge in [-0.25, -0.2) is 4.98 Å². The Hall–Kier alpha value is -3.05. The molecule has 0 bridgehead atoms. The van der Waals surface area contributed by atoms with Crippen LogP contribution in [0.4, 0.5) is 5.13 Å². The molecule has 0 N–H and O–H groups in total. The van der Waals surface area contributed by atoms with E-state index in [4.69, 9.17) is 4.98 Å². The molecule has 0 aliphatic rings. The van der Waals surface area contributed by atoms with E-state index in [1.807, 2.05) is 49.4 Å². The zero-order valence-corrected chi connectivity index (χ0v) is 16.7. The number of anilines is 1. The van der Waals surface area contributed by atoms with Crippen molar-refractivity contribution in [2.45, 2.75) is 26.8 Å². The van der Waals surface area contributed by atoms with Gasteiger partial charge in [-0.1, -0.05) is 48.6 Å². The van der Waals surface area contributed by atoms with Gasteiger partial charge >= 0.3 is 0 Å². The number of hydrogen-bond donors (Lipinski definition) is 0. The highest BCUT2D eigenvalue weighted by Gasteiger charge is 2.23. The summed E-state index contributed by atoms with van der Waals surface area (Å²) in [6.45, 7) is 4.53. The number of aryl methyl sites for hydroxylation is 2. The van der Waals surface area contributed by atoms with Gasteiger partial charge in [0.1, 0.15) is 0 Å². The monoisotopic (exact) mass is 387 g/mol. The molecule has 4 nitrogen and oxygen atoms in total. The van der Waals surface area contributed by atoms with Crippen LogP contribution in [0.15, 0.2) is 67.0 Å². The summed E-state index contributed by atoms with van der Waals surface area (Å²) in [7, 11) is 0. The van der Waals surface area contributed by atoms with Gasteiger partial charge in [-0.3, -0.25) is 14.7 Å². The predicted octanol–water partition coefficient (Wildman–Crippen LogP) is 5.41. The van der Waals surface area contributed by atoms with Crippen molar-refractivity contribution in [3.8, 4) is 0 Å². The van der Waals surface area contributed by atoms with Gasteiger partial charge < -0.3 is 0 Å². The van der Waals surface area contributed by atoms with E-state index in [1.54, 1.807) is 28.6 Å². The lowest BCUT2D eigenvalue weighted by Gasteiger charge is -2.21. The van der Waals surface area contributed by atoms with Gasteiger partial charge in [0.25, 0.3) is 5.91 Å². The number of fused-ring (bicyclic) bond motifs is 1. The lowest BCUT2D eigenvalue weighted by atomic mass is 10.1. The van der Waals surface area contributed by atoms with Crippen LogP contribution in [-0.4, -0.2) is 15.9 Å². The topological polar surface area (TPSA) is 46.1 Å². The standard InChI is InChI=1S/C23H21N3OS/c1-3-17-10-11-20-21(13-17)28-23(25-20)26(15-18-8-6-12-24-14-18)22(27)19-9-5-4-7-16(19)2/h4-14H,3,15H2,1-2H3. The minimum atomic E-state index is -0.0447. The van der Waals surface area contributed by atoms with Crippen LogP contribution in [-0.2, 0) is 13.0 Å². The van der Waals surface area contributed by atoms with Crippen molar-refractivity contribution in [1.29, 1.82) is 0 Å². The van der Waals surface area contributed by atoms with Crippen LogP contribution in [0.2, 0.25) is 0 Å². The van der Waals surface area contributed by atoms with Crippen LogP contribution in [0.5, 0.6) is 0 Å². The molecule has 0 aliphatic carbocycles. The van der Waals surface area contributed by atoms with E-state index < -0.39 is 0 Å². The zero-order valence-electron chi connectivity index (χ0n) is 15.9. The van der Waals surface area contributed by atoms with Crippen molar-refractivity contribution in [3.63, 3.8) is 0 Å². The van der Waals surface area contributed by atoms with E-state index in [9.17, 15) is 4.79 Å². The Morgan fingerprint density at radius 2 is 1.93 bits per heavy atom. The molecule has 0 atom stereocenters. The number of carbonyl (C=O) groups excluding carboxylic acids is 1. The number of rotatable bonds is 5. The fourth-order valence-corrected chi connectivity index (χ4v) is 4.18. The number of thiazole rings is 1. The molecule has 2 aromatic carbocycles. The first-order chi connectivity index (χ1) is 13.7. The van der Waals surface area contributed by atoms with Gasteiger partial charge in [0.2, 0.25) is 0 Å². The summed E-state index contributed by atoms with van der Waals surface area (Å²) >= 11 is 1.56. The number of carbonyl (C=O) groups is 1. The van der Waals surface area contributed by atoms with E-state index in [1.165, 1.54) is 5.56 Å². The Balaban J connectivity index is 1.78. The maximum atomic E-state index is 13.4. The molecule has 0 saturated carbocycles. The van der Waals surface area contributed by atoms with Crippen LogP contribution in [0, 0.1) is 6.92 Å². The van der Waals surface area contributed by atoms with E-state index in [2.05, 4.69) is 24.0 Å². The van der Waals surface area contributed by atoms with Crippen molar-refractivity contribution in [2.24, 2.45) is 0 Å². The third-order valence-corrected chi connectivity index (χ3v) is 5.81. The van der Waals surface area contributed by atoms with Gasteiger partial charge in [-0.15, -0.1) is 0 Å². The lowest BCUT2D eigenvalue weighted by molar-refractivity contribution is 0.0984. The Morgan fingerprint density at radius 3 is 2.68 bits per heavy atom. The van der Waals surface area contributed by atoms with E-state index in [-0.39, 0.29) is 5.91 Å². The molecule has 2 heterocycles. The average Bonchev–Trinajstić information content (AvgIpc) is 3.15. The quantitative estimate of drug-likeness (QED) is 0.460. The largest absolute Gasteiger partial charge is 0.279 e. The number of amides is 1. The fourth-order valence-electron chi connectivity index (χ4n) is 3.15. The first-order valence-corrected chi connectivity index (χ1v) is 10.1. The third-order valence-electron chi connectivity index (χ3n) is 4.76. The van der Waals surface area contributed by atoms with Crippen LogP contribution < -0.4 is 4.90 Å². The molecule has 2 aromatic heterocycles. The highest BCUT2D eigenvalue weighted by molar-refractivity contribution is 7.22. The minimum Gasteiger partial charge on any atom is -0.279 e. The third kappa shape index (κ3) is 3.66. The Morgan fingerprint density at radius 1 is 1.07 bits per heavy atom. The molecule has 0 saturated heterocycles. The second-order valence-corrected chi connectivity index (χ2v) is 7.73. The normalized spacial score (nSPS) is 10.9. The smallest absolute Gasteiger partial charge is 0.260 e. The summed E-state index contributed by atoms with van der Waals surface area (Å²) in [6, 6.07) is 17.8. The molecule has 28 heavy (non-hydrogen) atoms. The summed E-state index contributed by atoms with van der Waals surface area (Å²) in [5, 5.41) is 0.709. The number of pyridine rings is 1. The first-order valence-electron chi connectivity index (χ1n) is 9.31. The molecule has 4 aromatic rings. The zero-order chi connectivity index (χ0) is 19.5. The highest BCUT2D eigenvalue weighted by atomic mass is 32.1. The van der Waals surface area contributed by atoms with Crippen molar-refractivity contribution in [1.82, 2.24) is 9.97 Å². The van der Waals surface area contributed by atoms with Crippen molar-refractivity contribution in [2.75, 3.05) is 4.90 Å². The summed E-state index contributed by atoms with van der Waals surface area (Å²) in [5.74, 6) is -0.0447. The molecule has 5 heteroatoms. The lowest BCUT2D eigenvalue weighted by Crippen LogP contribution is -2.30. The maximum absolute atomic E-state index is 13.4. The average molecular weight is 388 g/mol. The van der Waals surface area contributed by atoms with Gasteiger partial charge in [0.15, 0.2) is 5.13 Å². The summed E-state index contributed by atoms with van der Waals surface area (Å²) in [6.07, 6.45) is 4.51. The molecular formula is C23H21N3OS. The molecule has 4 rings (SSSR count). The number of nitrogens with zero attached hydrogens (tertiary/aromatic N) is 3. The molecule has 0 spiro atoms. The van der Waals surface area contributed by atoms with Crippen LogP contribution in [0.25, 0.3) is 10.2 Å². The van der Waals surface area contributed by atoms with Gasteiger partial charge in [-0.05, 0) is 54.3 Å². The van der Waals surface area contributed by atoms with Crippen LogP contribution in [0.3, 0.4) is 0 Å². The molecule has 0 radical (unpaired) electrons. The summed E-state index contributed by atoms with van der Waals surface area (Å²) in [4.78, 5) is 24.2. The molecule has 1 amide bonds. The predicted molar refractivity (Wildman–Crippen MR) is 115 cm³/mol. The van der Waals surface area contributed by atoms with Gasteiger partial charge in [0, 0.05) is 18.0 Å². The number of hydrogen-bond acceptors (Lipinski definition) is 4. The molecular weight excluding hydrogens is 366 g/mol. The van der Waals surface area contributed by atoms with E-state index >= 15 is 0 Å². The SMILES string of the molecule is CCc1ccc2nc(N(Cc3cccnc3)C(=O)c3ccccc3C)sc2c1. The van der Waals surface area contributed by atoms with Crippen molar-refractivity contribution in [3.05, 3.63) is 89.2 Å². The Bertz CT molecular complexity index is 1120. The second-order valence-electron chi connectivity index (χ2n) is 6.72. The maximum Gasteiger partial charge on any atom is 0.260 e. The van der Waals surface area contributed by atoms with Gasteiger partial charge in [-0.2, -0.15) is 0 Å². The van der Waals surface area contributed by atoms with Gasteiger partial charge in [0.05, 0.1) is 16.8 Å². The Kier molecular flexibility index (Phi) is 5.17. The fraction of sp³-hybridized carbons (Fsp3) is 0.174. The molecule has 0 fully saturated rings. The van der Waals surface area contributed by atoms with Crippen LogP contribution >= 0.6 is 11.3 Å². The van der Waals surface area contributed by atoms with Crippen molar-refractivity contribution >= 4 is 32.6 Å². The molecule has 140 valence electrons.